The molecule has 1 aromatic carbocycles. The highest BCUT2D eigenvalue weighted by Crippen LogP contribution is 2.20. The van der Waals surface area contributed by atoms with E-state index in [0.29, 0.717) is 12.2 Å². The zero-order chi connectivity index (χ0) is 15.2. The third-order valence-corrected chi connectivity index (χ3v) is 2.92. The fraction of sp³-hybridized carbons (Fsp3) is 0.250. The fourth-order valence-electron chi connectivity index (χ4n) is 1.84. The molecule has 2 rings (SSSR count). The Morgan fingerprint density at radius 3 is 2.52 bits per heavy atom. The lowest BCUT2D eigenvalue weighted by Gasteiger charge is -2.13. The highest BCUT2D eigenvalue weighted by atomic mass is 16.5. The minimum atomic E-state index is -0.364. The van der Waals surface area contributed by atoms with Crippen LogP contribution in [0.4, 0.5) is 17.1 Å². The summed E-state index contributed by atoms with van der Waals surface area (Å²) in [6.45, 7) is 2.13. The van der Waals surface area contributed by atoms with Gasteiger partial charge in [-0.05, 0) is 37.3 Å². The van der Waals surface area contributed by atoms with Gasteiger partial charge >= 0.3 is 5.97 Å². The molecule has 0 aliphatic rings. The van der Waals surface area contributed by atoms with E-state index in [1.807, 2.05) is 43.3 Å². The molecule has 0 unspecified atom stereocenters. The number of anilines is 3. The first kappa shape index (κ1) is 14.8. The van der Waals surface area contributed by atoms with Crippen LogP contribution in [0, 0.1) is 0 Å². The normalized spacial score (nSPS) is 10.0. The number of carbonyl (C=O) groups excluding carboxylic acids is 1. The molecule has 0 saturated heterocycles. The third-order valence-electron chi connectivity index (χ3n) is 2.92. The SMILES string of the molecule is CCOC(=O)c1cncc(Nc2ccc(N(C)C)cc2)c1. The van der Waals surface area contributed by atoms with E-state index in [0.717, 1.165) is 17.1 Å². The summed E-state index contributed by atoms with van der Waals surface area (Å²) in [5.74, 6) is -0.364. The molecular weight excluding hydrogens is 266 g/mol. The number of aromatic nitrogens is 1. The van der Waals surface area contributed by atoms with Gasteiger partial charge in [0.1, 0.15) is 0 Å². The Kier molecular flexibility index (Phi) is 4.77. The van der Waals surface area contributed by atoms with Crippen molar-refractivity contribution in [1.29, 1.82) is 0 Å². The smallest absolute Gasteiger partial charge is 0.339 e. The third kappa shape index (κ3) is 3.95. The molecule has 0 bridgehead atoms. The molecule has 5 nitrogen and oxygen atoms in total. The number of esters is 1. The van der Waals surface area contributed by atoms with E-state index in [9.17, 15) is 4.79 Å². The van der Waals surface area contributed by atoms with Gasteiger partial charge in [-0.1, -0.05) is 0 Å². The van der Waals surface area contributed by atoms with Crippen LogP contribution in [0.5, 0.6) is 0 Å². The molecule has 0 radical (unpaired) electrons. The van der Waals surface area contributed by atoms with Crippen molar-refractivity contribution in [3.05, 3.63) is 48.3 Å². The standard InChI is InChI=1S/C16H19N3O2/c1-4-21-16(20)12-9-14(11-17-10-12)18-13-5-7-15(8-6-13)19(2)3/h5-11,18H,4H2,1-3H3. The van der Waals surface area contributed by atoms with Gasteiger partial charge < -0.3 is 15.0 Å². The molecule has 0 saturated carbocycles. The van der Waals surface area contributed by atoms with E-state index in [-0.39, 0.29) is 5.97 Å². The van der Waals surface area contributed by atoms with Gasteiger partial charge in [0, 0.05) is 31.7 Å². The second-order valence-electron chi connectivity index (χ2n) is 4.75. The highest BCUT2D eigenvalue weighted by molar-refractivity contribution is 5.90. The molecule has 0 fully saturated rings. The lowest BCUT2D eigenvalue weighted by atomic mass is 10.2. The molecule has 0 amide bonds. The first-order chi connectivity index (χ1) is 10.1. The molecule has 0 aliphatic heterocycles. The van der Waals surface area contributed by atoms with Crippen LogP contribution in [-0.4, -0.2) is 31.7 Å². The maximum atomic E-state index is 11.7. The van der Waals surface area contributed by atoms with E-state index >= 15 is 0 Å². The lowest BCUT2D eigenvalue weighted by Crippen LogP contribution is -2.08. The van der Waals surface area contributed by atoms with Gasteiger partial charge in [-0.3, -0.25) is 4.98 Å². The minimum Gasteiger partial charge on any atom is -0.462 e. The maximum absolute atomic E-state index is 11.7. The van der Waals surface area contributed by atoms with Gasteiger partial charge in [0.25, 0.3) is 0 Å². The Morgan fingerprint density at radius 1 is 1.19 bits per heavy atom. The zero-order valence-electron chi connectivity index (χ0n) is 12.5. The number of rotatable bonds is 5. The summed E-state index contributed by atoms with van der Waals surface area (Å²) in [5.41, 5.74) is 3.24. The first-order valence-electron chi connectivity index (χ1n) is 6.76. The predicted octanol–water partition coefficient (Wildman–Crippen LogP) is 3.07. The van der Waals surface area contributed by atoms with Crippen LogP contribution in [0.2, 0.25) is 0 Å². The molecule has 0 aliphatic carbocycles. The van der Waals surface area contributed by atoms with Crippen LogP contribution >= 0.6 is 0 Å². The van der Waals surface area contributed by atoms with Crippen molar-refractivity contribution in [3.63, 3.8) is 0 Å². The second kappa shape index (κ2) is 6.74. The Labute approximate surface area is 124 Å². The van der Waals surface area contributed by atoms with Gasteiger partial charge in [0.2, 0.25) is 0 Å². The number of ether oxygens (including phenoxy) is 1. The summed E-state index contributed by atoms with van der Waals surface area (Å²) >= 11 is 0. The first-order valence-corrected chi connectivity index (χ1v) is 6.76. The van der Waals surface area contributed by atoms with Crippen LogP contribution in [0.3, 0.4) is 0 Å². The van der Waals surface area contributed by atoms with E-state index in [1.165, 1.54) is 6.20 Å². The van der Waals surface area contributed by atoms with Gasteiger partial charge in [-0.2, -0.15) is 0 Å². The van der Waals surface area contributed by atoms with Gasteiger partial charge in [-0.25, -0.2) is 4.79 Å². The average Bonchev–Trinajstić information content (AvgIpc) is 2.48. The lowest BCUT2D eigenvalue weighted by molar-refractivity contribution is 0.0526. The number of pyridine rings is 1. The number of nitrogens with zero attached hydrogens (tertiary/aromatic N) is 2. The van der Waals surface area contributed by atoms with Gasteiger partial charge in [-0.15, -0.1) is 0 Å². The largest absolute Gasteiger partial charge is 0.462 e. The molecule has 1 heterocycles. The molecule has 21 heavy (non-hydrogen) atoms. The molecule has 1 aromatic heterocycles. The highest BCUT2D eigenvalue weighted by Gasteiger charge is 2.07. The Balaban J connectivity index is 2.12. The number of carbonyl (C=O) groups is 1. The molecule has 2 aromatic rings. The summed E-state index contributed by atoms with van der Waals surface area (Å²) in [6, 6.07) is 9.72. The molecular formula is C16H19N3O2. The number of nitrogens with one attached hydrogen (secondary N) is 1. The van der Waals surface area contributed by atoms with Crippen LogP contribution in [-0.2, 0) is 4.74 Å². The number of hydrogen-bond donors (Lipinski definition) is 1. The van der Waals surface area contributed by atoms with Crippen molar-refractivity contribution in [2.75, 3.05) is 30.9 Å². The monoisotopic (exact) mass is 285 g/mol. The maximum Gasteiger partial charge on any atom is 0.339 e. The van der Waals surface area contributed by atoms with Crippen molar-refractivity contribution in [2.24, 2.45) is 0 Å². The molecule has 5 heteroatoms. The molecule has 1 N–H and O–H groups in total. The summed E-state index contributed by atoms with van der Waals surface area (Å²) in [5, 5.41) is 3.22. The number of hydrogen-bond acceptors (Lipinski definition) is 5. The predicted molar refractivity (Wildman–Crippen MR) is 84.2 cm³/mol. The fourth-order valence-corrected chi connectivity index (χ4v) is 1.84. The Bertz CT molecular complexity index is 609. The van der Waals surface area contributed by atoms with Crippen LogP contribution in [0.25, 0.3) is 0 Å². The Morgan fingerprint density at radius 2 is 1.90 bits per heavy atom. The Hall–Kier alpha value is -2.56. The minimum absolute atomic E-state index is 0.350. The summed E-state index contributed by atoms with van der Waals surface area (Å²) in [7, 11) is 3.99. The second-order valence-corrected chi connectivity index (χ2v) is 4.75. The average molecular weight is 285 g/mol. The van der Waals surface area contributed by atoms with Crippen molar-refractivity contribution in [2.45, 2.75) is 6.92 Å². The van der Waals surface area contributed by atoms with Crippen LogP contribution in [0.15, 0.2) is 42.7 Å². The van der Waals surface area contributed by atoms with Crippen molar-refractivity contribution in [1.82, 2.24) is 4.98 Å². The number of benzene rings is 1. The summed E-state index contributed by atoms with van der Waals surface area (Å²) < 4.78 is 4.96. The topological polar surface area (TPSA) is 54.5 Å². The van der Waals surface area contributed by atoms with Crippen molar-refractivity contribution >= 4 is 23.0 Å². The summed E-state index contributed by atoms with van der Waals surface area (Å²) in [4.78, 5) is 17.8. The quantitative estimate of drug-likeness (QED) is 0.856. The van der Waals surface area contributed by atoms with Crippen LogP contribution in [0.1, 0.15) is 17.3 Å². The van der Waals surface area contributed by atoms with E-state index in [1.54, 1.807) is 19.2 Å². The van der Waals surface area contributed by atoms with Crippen molar-refractivity contribution < 1.29 is 9.53 Å². The van der Waals surface area contributed by atoms with Crippen LogP contribution < -0.4 is 10.2 Å². The van der Waals surface area contributed by atoms with E-state index < -0.39 is 0 Å². The van der Waals surface area contributed by atoms with E-state index in [2.05, 4.69) is 10.3 Å². The molecule has 0 atom stereocenters. The zero-order valence-corrected chi connectivity index (χ0v) is 12.5. The summed E-state index contributed by atoms with van der Waals surface area (Å²) in [6.07, 6.45) is 3.17. The van der Waals surface area contributed by atoms with Gasteiger partial charge in [0.05, 0.1) is 24.1 Å². The molecule has 0 spiro atoms. The van der Waals surface area contributed by atoms with Gasteiger partial charge in [0.15, 0.2) is 0 Å². The van der Waals surface area contributed by atoms with Crippen molar-refractivity contribution in [3.8, 4) is 0 Å². The molecule has 110 valence electrons. The van der Waals surface area contributed by atoms with E-state index in [4.69, 9.17) is 4.74 Å².